The van der Waals surface area contributed by atoms with Crippen molar-refractivity contribution in [1.82, 2.24) is 9.62 Å². The van der Waals surface area contributed by atoms with Gasteiger partial charge in [0.25, 0.3) is 5.91 Å². The van der Waals surface area contributed by atoms with Gasteiger partial charge in [0, 0.05) is 19.6 Å². The van der Waals surface area contributed by atoms with Crippen molar-refractivity contribution >= 4 is 15.9 Å². The zero-order chi connectivity index (χ0) is 16.3. The first-order chi connectivity index (χ1) is 10.3. The average molecular weight is 332 g/mol. The highest BCUT2D eigenvalue weighted by atomic mass is 32.2. The smallest absolute Gasteiger partial charge is 0.259 e. The molecule has 1 atom stereocenters. The highest BCUT2D eigenvalue weighted by Gasteiger charge is 2.28. The van der Waals surface area contributed by atoms with Crippen molar-refractivity contribution in [1.29, 1.82) is 0 Å². The van der Waals surface area contributed by atoms with Crippen molar-refractivity contribution in [2.24, 2.45) is 5.92 Å². The Balaban J connectivity index is 2.07. The van der Waals surface area contributed by atoms with E-state index < -0.39 is 33.1 Å². The molecule has 0 unspecified atom stereocenters. The molecule has 1 aromatic carbocycles. The number of nitrogens with zero attached hydrogens (tertiary/aromatic N) is 1. The summed E-state index contributed by atoms with van der Waals surface area (Å²) < 4.78 is 52.0. The highest BCUT2D eigenvalue weighted by Crippen LogP contribution is 2.21. The van der Waals surface area contributed by atoms with E-state index in [1.165, 1.54) is 11.0 Å². The van der Waals surface area contributed by atoms with E-state index in [1.54, 1.807) is 0 Å². The summed E-state index contributed by atoms with van der Waals surface area (Å²) in [5, 5.41) is 0. The Morgan fingerprint density at radius 3 is 2.59 bits per heavy atom. The molecule has 1 aromatic rings. The minimum absolute atomic E-state index is 0.0674. The van der Waals surface area contributed by atoms with E-state index in [4.69, 9.17) is 0 Å². The lowest BCUT2D eigenvalue weighted by Gasteiger charge is -2.33. The second-order valence-corrected chi connectivity index (χ2v) is 7.31. The minimum Gasteiger partial charge on any atom is -0.338 e. The molecule has 1 saturated heterocycles. The molecule has 8 heteroatoms. The van der Waals surface area contributed by atoms with E-state index >= 15 is 0 Å². The summed E-state index contributed by atoms with van der Waals surface area (Å²) in [6.45, 7) is 0.888. The monoisotopic (exact) mass is 332 g/mol. The van der Waals surface area contributed by atoms with E-state index in [2.05, 4.69) is 4.72 Å². The molecular formula is C14H18F2N2O3S. The summed E-state index contributed by atoms with van der Waals surface area (Å²) >= 11 is 0. The zero-order valence-corrected chi connectivity index (χ0v) is 13.0. The number of likely N-dealkylation sites (tertiary alicyclic amines) is 1. The van der Waals surface area contributed by atoms with Crippen molar-refractivity contribution in [3.05, 3.63) is 35.4 Å². The number of hydrogen-bond acceptors (Lipinski definition) is 3. The van der Waals surface area contributed by atoms with Crippen LogP contribution in [-0.4, -0.2) is 45.1 Å². The van der Waals surface area contributed by atoms with Gasteiger partial charge in [-0.15, -0.1) is 0 Å². The fourth-order valence-electron chi connectivity index (χ4n) is 2.55. The quantitative estimate of drug-likeness (QED) is 0.905. The lowest BCUT2D eigenvalue weighted by molar-refractivity contribution is 0.0666. The van der Waals surface area contributed by atoms with Crippen LogP contribution in [0.1, 0.15) is 23.2 Å². The molecule has 1 aliphatic rings. The molecule has 0 aromatic heterocycles. The largest absolute Gasteiger partial charge is 0.338 e. The Morgan fingerprint density at radius 1 is 1.36 bits per heavy atom. The van der Waals surface area contributed by atoms with Crippen molar-refractivity contribution in [2.45, 2.75) is 12.8 Å². The summed E-state index contributed by atoms with van der Waals surface area (Å²) in [4.78, 5) is 13.7. The third-order valence-corrected chi connectivity index (χ3v) is 4.31. The lowest BCUT2D eigenvalue weighted by Crippen LogP contribution is -2.44. The first-order valence-corrected chi connectivity index (χ1v) is 8.85. The van der Waals surface area contributed by atoms with Crippen LogP contribution in [0.25, 0.3) is 0 Å². The Bertz CT molecular complexity index is 644. The molecule has 0 bridgehead atoms. The number of hydrogen-bond donors (Lipinski definition) is 1. The number of amides is 1. The fraction of sp³-hybridized carbons (Fsp3) is 0.500. The number of carbonyl (C=O) groups excluding carboxylic acids is 1. The number of benzene rings is 1. The van der Waals surface area contributed by atoms with Gasteiger partial charge in [0.15, 0.2) is 0 Å². The maximum absolute atomic E-state index is 13.7. The van der Waals surface area contributed by atoms with Crippen LogP contribution in [0.15, 0.2) is 18.2 Å². The highest BCUT2D eigenvalue weighted by molar-refractivity contribution is 7.88. The van der Waals surface area contributed by atoms with E-state index in [-0.39, 0.29) is 19.0 Å². The van der Waals surface area contributed by atoms with Crippen LogP contribution in [0.3, 0.4) is 0 Å². The van der Waals surface area contributed by atoms with E-state index in [0.717, 1.165) is 24.8 Å². The van der Waals surface area contributed by atoms with Crippen molar-refractivity contribution < 1.29 is 22.0 Å². The predicted molar refractivity (Wildman–Crippen MR) is 77.8 cm³/mol. The molecule has 0 radical (unpaired) electrons. The van der Waals surface area contributed by atoms with Gasteiger partial charge < -0.3 is 4.90 Å². The van der Waals surface area contributed by atoms with Gasteiger partial charge in [0.1, 0.15) is 17.2 Å². The third kappa shape index (κ3) is 4.23. The molecular weight excluding hydrogens is 314 g/mol. The second kappa shape index (κ2) is 6.70. The molecule has 1 amide bonds. The number of rotatable bonds is 4. The van der Waals surface area contributed by atoms with E-state index in [9.17, 15) is 22.0 Å². The molecule has 1 N–H and O–H groups in total. The molecule has 0 aliphatic carbocycles. The standard InChI is InChI=1S/C14H18F2N2O3S/c1-22(20,21)17-8-10-4-3-7-18(9-10)14(19)13-11(15)5-2-6-12(13)16/h2,5-6,10,17H,3-4,7-9H2,1H3/t10-/m0/s1. The van der Waals surface area contributed by atoms with E-state index in [0.29, 0.717) is 13.0 Å². The van der Waals surface area contributed by atoms with Crippen LogP contribution >= 0.6 is 0 Å². The number of carbonyl (C=O) groups is 1. The van der Waals surface area contributed by atoms with Gasteiger partial charge in [-0.25, -0.2) is 21.9 Å². The second-order valence-electron chi connectivity index (χ2n) is 5.48. The number of piperidine rings is 1. The van der Waals surface area contributed by atoms with Gasteiger partial charge in [0.05, 0.1) is 6.26 Å². The van der Waals surface area contributed by atoms with Gasteiger partial charge in [-0.05, 0) is 30.9 Å². The first kappa shape index (κ1) is 16.8. The summed E-state index contributed by atoms with van der Waals surface area (Å²) in [7, 11) is -3.30. The average Bonchev–Trinajstić information content (AvgIpc) is 2.44. The topological polar surface area (TPSA) is 66.5 Å². The molecule has 0 saturated carbocycles. The fourth-order valence-corrected chi connectivity index (χ4v) is 3.08. The summed E-state index contributed by atoms with van der Waals surface area (Å²) in [5.74, 6) is -2.54. The molecule has 0 spiro atoms. The first-order valence-electron chi connectivity index (χ1n) is 6.96. The van der Waals surface area contributed by atoms with Gasteiger partial charge >= 0.3 is 0 Å². The predicted octanol–water partition coefficient (Wildman–Crippen LogP) is 1.37. The third-order valence-electron chi connectivity index (χ3n) is 3.62. The molecule has 22 heavy (non-hydrogen) atoms. The molecule has 1 heterocycles. The number of sulfonamides is 1. The number of halogens is 2. The molecule has 1 fully saturated rings. The molecule has 1 aliphatic heterocycles. The Kier molecular flexibility index (Phi) is 5.12. The van der Waals surface area contributed by atoms with Crippen molar-refractivity contribution in [3.63, 3.8) is 0 Å². The SMILES string of the molecule is CS(=O)(=O)NC[C@@H]1CCCN(C(=O)c2c(F)cccc2F)C1. The maximum atomic E-state index is 13.7. The van der Waals surface area contributed by atoms with Crippen molar-refractivity contribution in [2.75, 3.05) is 25.9 Å². The number of nitrogens with one attached hydrogen (secondary N) is 1. The van der Waals surface area contributed by atoms with E-state index in [1.807, 2.05) is 0 Å². The van der Waals surface area contributed by atoms with Crippen LogP contribution in [0.4, 0.5) is 8.78 Å². The zero-order valence-electron chi connectivity index (χ0n) is 12.2. The van der Waals surface area contributed by atoms with Crippen molar-refractivity contribution in [3.8, 4) is 0 Å². The van der Waals surface area contributed by atoms with Crippen LogP contribution < -0.4 is 4.72 Å². The normalized spacial score (nSPS) is 19.2. The van der Waals surface area contributed by atoms with Crippen LogP contribution in [0.2, 0.25) is 0 Å². The summed E-state index contributed by atoms with van der Waals surface area (Å²) in [6, 6.07) is 3.29. The lowest BCUT2D eigenvalue weighted by atomic mass is 9.97. The Morgan fingerprint density at radius 2 is 2.00 bits per heavy atom. The molecule has 122 valence electrons. The van der Waals surface area contributed by atoms with Gasteiger partial charge in [-0.1, -0.05) is 6.07 Å². The van der Waals surface area contributed by atoms with Crippen LogP contribution in [0.5, 0.6) is 0 Å². The Hall–Kier alpha value is -1.54. The van der Waals surface area contributed by atoms with Gasteiger partial charge in [-0.2, -0.15) is 0 Å². The molecule has 2 rings (SSSR count). The van der Waals surface area contributed by atoms with Gasteiger partial charge in [0.2, 0.25) is 10.0 Å². The van der Waals surface area contributed by atoms with Crippen LogP contribution in [0, 0.1) is 17.6 Å². The summed E-state index contributed by atoms with van der Waals surface area (Å²) in [5.41, 5.74) is -0.556. The summed E-state index contributed by atoms with van der Waals surface area (Å²) in [6.07, 6.45) is 2.48. The Labute approximate surface area is 128 Å². The molecule has 5 nitrogen and oxygen atoms in total. The maximum Gasteiger partial charge on any atom is 0.259 e. The van der Waals surface area contributed by atoms with Crippen LogP contribution in [-0.2, 0) is 10.0 Å². The van der Waals surface area contributed by atoms with Gasteiger partial charge in [-0.3, -0.25) is 4.79 Å². The minimum atomic E-state index is -3.30.